The van der Waals surface area contributed by atoms with E-state index in [4.69, 9.17) is 5.73 Å². The first-order valence-electron chi connectivity index (χ1n) is 8.36. The third-order valence-electron chi connectivity index (χ3n) is 4.66. The van der Waals surface area contributed by atoms with Gasteiger partial charge in [0.05, 0.1) is 11.9 Å². The number of H-pyrrole nitrogens is 1. The fraction of sp³-hybridized carbons (Fsp3) is 0.222. The number of anilines is 1. The van der Waals surface area contributed by atoms with Crippen molar-refractivity contribution in [1.29, 1.82) is 0 Å². The summed E-state index contributed by atoms with van der Waals surface area (Å²) in [5, 5.41) is 0.684. The number of sulfonamides is 1. The van der Waals surface area contributed by atoms with Gasteiger partial charge in [-0.2, -0.15) is 4.31 Å². The zero-order chi connectivity index (χ0) is 19.2. The summed E-state index contributed by atoms with van der Waals surface area (Å²) >= 11 is 0. The third kappa shape index (κ3) is 3.31. The molecule has 9 heteroatoms. The fourth-order valence-corrected chi connectivity index (χ4v) is 4.02. The molecule has 3 N–H and O–H groups in total. The lowest BCUT2D eigenvalue weighted by Gasteiger charge is -2.23. The van der Waals surface area contributed by atoms with E-state index < -0.39 is 15.8 Å². The Morgan fingerprint density at radius 2 is 2.07 bits per heavy atom. The van der Waals surface area contributed by atoms with Crippen molar-refractivity contribution in [2.24, 2.45) is 0 Å². The van der Waals surface area contributed by atoms with Gasteiger partial charge in [-0.1, -0.05) is 6.08 Å². The maximum Gasteiger partial charge on any atom is 0.211 e. The van der Waals surface area contributed by atoms with Crippen LogP contribution in [0, 0.1) is 5.82 Å². The Bertz CT molecular complexity index is 1170. The molecular weight excluding hydrogens is 369 g/mol. The number of rotatable bonds is 3. The maximum absolute atomic E-state index is 14.3. The van der Waals surface area contributed by atoms with Gasteiger partial charge in [0.1, 0.15) is 17.8 Å². The van der Waals surface area contributed by atoms with E-state index in [1.807, 2.05) is 12.1 Å². The number of benzene rings is 1. The number of fused-ring (bicyclic) bond motifs is 1. The number of nitrogens with one attached hydrogen (secondary N) is 1. The zero-order valence-electron chi connectivity index (χ0n) is 14.6. The van der Waals surface area contributed by atoms with Crippen molar-refractivity contribution in [1.82, 2.24) is 19.3 Å². The van der Waals surface area contributed by atoms with Gasteiger partial charge in [-0.15, -0.1) is 0 Å². The predicted molar refractivity (Wildman–Crippen MR) is 103 cm³/mol. The number of hydrogen-bond donors (Lipinski definition) is 2. The summed E-state index contributed by atoms with van der Waals surface area (Å²) < 4.78 is 39.0. The molecule has 0 bridgehead atoms. The van der Waals surface area contributed by atoms with Gasteiger partial charge in [0.2, 0.25) is 10.0 Å². The number of aromatic amines is 1. The van der Waals surface area contributed by atoms with Crippen molar-refractivity contribution in [3.63, 3.8) is 0 Å². The smallest absolute Gasteiger partial charge is 0.211 e. The molecule has 0 spiro atoms. The van der Waals surface area contributed by atoms with E-state index in [0.717, 1.165) is 11.3 Å². The van der Waals surface area contributed by atoms with Gasteiger partial charge >= 0.3 is 0 Å². The van der Waals surface area contributed by atoms with Gasteiger partial charge in [0, 0.05) is 35.4 Å². The summed E-state index contributed by atoms with van der Waals surface area (Å²) in [6.45, 7) is 0.744. The highest BCUT2D eigenvalue weighted by atomic mass is 32.2. The van der Waals surface area contributed by atoms with Crippen LogP contribution in [-0.2, 0) is 10.0 Å². The van der Waals surface area contributed by atoms with E-state index in [2.05, 4.69) is 15.0 Å². The molecule has 27 heavy (non-hydrogen) atoms. The quantitative estimate of drug-likeness (QED) is 0.672. The van der Waals surface area contributed by atoms with Crippen LogP contribution in [0.1, 0.15) is 12.1 Å². The highest BCUT2D eigenvalue weighted by molar-refractivity contribution is 7.88. The first-order valence-corrected chi connectivity index (χ1v) is 10.2. The standard InChI is InChI=1S/C18H18FN5O2S/c1-27(25,26)24-6-4-11(5-7-24)16-9-14-17(21-10-22-18(14)23-16)13-8-12(20)2-3-15(13)19/h2-4,8-10H,5-7,20H2,1H3,(H,21,22,23). The Morgan fingerprint density at radius 3 is 2.78 bits per heavy atom. The molecule has 1 aliphatic heterocycles. The highest BCUT2D eigenvalue weighted by Gasteiger charge is 2.22. The SMILES string of the molecule is CS(=O)(=O)N1CC=C(c2cc3c(-c4cc(N)ccc4F)ncnc3[nH]2)CC1. The molecule has 0 amide bonds. The zero-order valence-corrected chi connectivity index (χ0v) is 15.4. The molecule has 0 saturated heterocycles. The predicted octanol–water partition coefficient (Wildman–Crippen LogP) is 2.39. The van der Waals surface area contributed by atoms with Crippen molar-refractivity contribution >= 4 is 32.3 Å². The lowest BCUT2D eigenvalue weighted by atomic mass is 10.0. The minimum atomic E-state index is -3.21. The van der Waals surface area contributed by atoms with Crippen LogP contribution in [-0.4, -0.2) is 47.0 Å². The fourth-order valence-electron chi connectivity index (χ4n) is 3.25. The number of hydrogen-bond acceptors (Lipinski definition) is 5. The van der Waals surface area contributed by atoms with E-state index in [1.165, 1.54) is 29.0 Å². The molecule has 3 heterocycles. The van der Waals surface area contributed by atoms with Crippen LogP contribution in [0.15, 0.2) is 36.7 Å². The van der Waals surface area contributed by atoms with Crippen molar-refractivity contribution in [2.45, 2.75) is 6.42 Å². The van der Waals surface area contributed by atoms with E-state index in [0.29, 0.717) is 47.5 Å². The lowest BCUT2D eigenvalue weighted by molar-refractivity contribution is 0.445. The molecule has 0 fully saturated rings. The molecule has 0 radical (unpaired) electrons. The van der Waals surface area contributed by atoms with E-state index in [-0.39, 0.29) is 0 Å². The van der Waals surface area contributed by atoms with Gasteiger partial charge in [-0.05, 0) is 36.3 Å². The van der Waals surface area contributed by atoms with E-state index in [1.54, 1.807) is 6.07 Å². The molecular formula is C18H18FN5O2S. The van der Waals surface area contributed by atoms with Gasteiger partial charge in [0.25, 0.3) is 0 Å². The Labute approximate surface area is 155 Å². The highest BCUT2D eigenvalue weighted by Crippen LogP contribution is 2.32. The molecule has 0 saturated carbocycles. The molecule has 1 aromatic carbocycles. The van der Waals surface area contributed by atoms with Crippen LogP contribution in [0.4, 0.5) is 10.1 Å². The molecule has 2 aromatic heterocycles. The van der Waals surface area contributed by atoms with Crippen LogP contribution in [0.3, 0.4) is 0 Å². The molecule has 0 aliphatic carbocycles. The number of nitrogens with zero attached hydrogens (tertiary/aromatic N) is 3. The topological polar surface area (TPSA) is 105 Å². The van der Waals surface area contributed by atoms with Crippen molar-refractivity contribution in [2.75, 3.05) is 25.1 Å². The molecule has 0 unspecified atom stereocenters. The molecule has 0 atom stereocenters. The van der Waals surface area contributed by atoms with Crippen molar-refractivity contribution in [3.8, 4) is 11.3 Å². The number of nitrogen functional groups attached to an aromatic ring is 1. The van der Waals surface area contributed by atoms with Crippen LogP contribution in [0.25, 0.3) is 27.9 Å². The second-order valence-electron chi connectivity index (χ2n) is 6.51. The van der Waals surface area contributed by atoms with Gasteiger partial charge in [-0.3, -0.25) is 0 Å². The van der Waals surface area contributed by atoms with Crippen LogP contribution >= 0.6 is 0 Å². The monoisotopic (exact) mass is 387 g/mol. The Hall–Kier alpha value is -2.78. The Morgan fingerprint density at radius 1 is 1.26 bits per heavy atom. The number of halogens is 1. The Kier molecular flexibility index (Phi) is 4.20. The summed E-state index contributed by atoms with van der Waals surface area (Å²) in [6.07, 6.45) is 5.04. The Balaban J connectivity index is 1.76. The minimum Gasteiger partial charge on any atom is -0.399 e. The van der Waals surface area contributed by atoms with Crippen LogP contribution < -0.4 is 5.73 Å². The van der Waals surface area contributed by atoms with Crippen molar-refractivity contribution < 1.29 is 12.8 Å². The third-order valence-corrected chi connectivity index (χ3v) is 5.93. The molecule has 4 rings (SSSR count). The normalized spacial score (nSPS) is 15.9. The average molecular weight is 387 g/mol. The maximum atomic E-state index is 14.3. The average Bonchev–Trinajstić information content (AvgIpc) is 3.07. The van der Waals surface area contributed by atoms with Gasteiger partial charge < -0.3 is 10.7 Å². The minimum absolute atomic E-state index is 0.314. The molecule has 3 aromatic rings. The summed E-state index contributed by atoms with van der Waals surface area (Å²) in [6, 6.07) is 6.23. The van der Waals surface area contributed by atoms with E-state index in [9.17, 15) is 12.8 Å². The van der Waals surface area contributed by atoms with Gasteiger partial charge in [0.15, 0.2) is 0 Å². The summed E-state index contributed by atoms with van der Waals surface area (Å²) in [5.74, 6) is -0.410. The summed E-state index contributed by atoms with van der Waals surface area (Å²) in [4.78, 5) is 11.7. The number of aromatic nitrogens is 3. The summed E-state index contributed by atoms with van der Waals surface area (Å²) in [5.41, 5.74) is 9.42. The van der Waals surface area contributed by atoms with E-state index >= 15 is 0 Å². The molecule has 140 valence electrons. The number of nitrogens with two attached hydrogens (primary N) is 1. The second kappa shape index (κ2) is 6.43. The van der Waals surface area contributed by atoms with Gasteiger partial charge in [-0.25, -0.2) is 22.8 Å². The lowest BCUT2D eigenvalue weighted by Crippen LogP contribution is -2.33. The summed E-state index contributed by atoms with van der Waals surface area (Å²) in [7, 11) is -3.21. The first-order chi connectivity index (χ1) is 12.8. The largest absolute Gasteiger partial charge is 0.399 e. The molecule has 7 nitrogen and oxygen atoms in total. The van der Waals surface area contributed by atoms with Crippen LogP contribution in [0.5, 0.6) is 0 Å². The van der Waals surface area contributed by atoms with Crippen LogP contribution in [0.2, 0.25) is 0 Å². The van der Waals surface area contributed by atoms with Crippen molar-refractivity contribution in [3.05, 3.63) is 48.2 Å². The second-order valence-corrected chi connectivity index (χ2v) is 8.49. The molecule has 1 aliphatic rings. The first kappa shape index (κ1) is 17.6.